The zero-order chi connectivity index (χ0) is 15.6. The van der Waals surface area contributed by atoms with Crippen LogP contribution in [0.5, 0.6) is 0 Å². The maximum Gasteiger partial charge on any atom is 0.274 e. The fourth-order valence-corrected chi connectivity index (χ4v) is 2.97. The van der Waals surface area contributed by atoms with Crippen molar-refractivity contribution in [2.75, 3.05) is 18.4 Å². The van der Waals surface area contributed by atoms with Crippen LogP contribution in [0.3, 0.4) is 0 Å². The Morgan fingerprint density at radius 2 is 1.86 bits per heavy atom. The molecule has 21 heavy (non-hydrogen) atoms. The molecule has 1 fully saturated rings. The standard InChI is InChI=1S/C16H25N3O2/c1-11(2)18-7-5-14(6-8-18)17-15-10-16(19(20)21)13(4)9-12(15)3/h9-11,14,17H,5-8H2,1-4H3. The first-order chi connectivity index (χ1) is 9.88. The molecule has 1 aliphatic heterocycles. The van der Waals surface area contributed by atoms with Crippen LogP contribution in [0.2, 0.25) is 0 Å². The lowest BCUT2D eigenvalue weighted by molar-refractivity contribution is -0.385. The molecule has 1 N–H and O–H groups in total. The van der Waals surface area contributed by atoms with Crippen molar-refractivity contribution in [3.05, 3.63) is 33.4 Å². The highest BCUT2D eigenvalue weighted by molar-refractivity contribution is 5.60. The number of nitrogens with one attached hydrogen (secondary N) is 1. The molecule has 5 heteroatoms. The summed E-state index contributed by atoms with van der Waals surface area (Å²) in [5.74, 6) is 0. The van der Waals surface area contributed by atoms with Gasteiger partial charge in [-0.15, -0.1) is 0 Å². The summed E-state index contributed by atoms with van der Waals surface area (Å²) in [4.78, 5) is 13.2. The van der Waals surface area contributed by atoms with E-state index in [0.717, 1.165) is 42.7 Å². The van der Waals surface area contributed by atoms with Crippen LogP contribution in [0.15, 0.2) is 12.1 Å². The molecule has 1 aliphatic rings. The van der Waals surface area contributed by atoms with Crippen molar-refractivity contribution in [3.63, 3.8) is 0 Å². The Morgan fingerprint density at radius 3 is 2.38 bits per heavy atom. The quantitative estimate of drug-likeness (QED) is 0.681. The second-order valence-corrected chi connectivity index (χ2v) is 6.26. The smallest absolute Gasteiger partial charge is 0.274 e. The Kier molecular flexibility index (Phi) is 4.83. The zero-order valence-corrected chi connectivity index (χ0v) is 13.3. The summed E-state index contributed by atoms with van der Waals surface area (Å²) < 4.78 is 0. The van der Waals surface area contributed by atoms with Crippen LogP contribution < -0.4 is 5.32 Å². The van der Waals surface area contributed by atoms with Gasteiger partial charge in [-0.25, -0.2) is 0 Å². The summed E-state index contributed by atoms with van der Waals surface area (Å²) in [6.07, 6.45) is 2.17. The Labute approximate surface area is 126 Å². The van der Waals surface area contributed by atoms with E-state index in [0.29, 0.717) is 12.1 Å². The molecule has 1 aromatic carbocycles. The van der Waals surface area contributed by atoms with Gasteiger partial charge in [0.1, 0.15) is 0 Å². The molecule has 0 radical (unpaired) electrons. The Hall–Kier alpha value is -1.62. The lowest BCUT2D eigenvalue weighted by atomic mass is 10.0. The van der Waals surface area contributed by atoms with Crippen LogP contribution in [0.25, 0.3) is 0 Å². The number of nitro groups is 1. The van der Waals surface area contributed by atoms with Gasteiger partial charge in [0.05, 0.1) is 4.92 Å². The summed E-state index contributed by atoms with van der Waals surface area (Å²) in [6.45, 7) is 10.4. The van der Waals surface area contributed by atoms with E-state index < -0.39 is 0 Å². The van der Waals surface area contributed by atoms with E-state index in [1.165, 1.54) is 0 Å². The van der Waals surface area contributed by atoms with Gasteiger partial charge < -0.3 is 10.2 Å². The predicted molar refractivity (Wildman–Crippen MR) is 85.9 cm³/mol. The number of anilines is 1. The number of piperidine rings is 1. The molecule has 1 saturated heterocycles. The van der Waals surface area contributed by atoms with E-state index in [2.05, 4.69) is 24.1 Å². The second kappa shape index (κ2) is 6.43. The van der Waals surface area contributed by atoms with Gasteiger partial charge in [-0.3, -0.25) is 10.1 Å². The molecule has 2 rings (SSSR count). The number of hydrogen-bond donors (Lipinski definition) is 1. The molecule has 0 saturated carbocycles. The van der Waals surface area contributed by atoms with Crippen molar-refractivity contribution in [2.45, 2.75) is 52.6 Å². The number of likely N-dealkylation sites (tertiary alicyclic amines) is 1. The normalized spacial score (nSPS) is 17.2. The topological polar surface area (TPSA) is 58.4 Å². The van der Waals surface area contributed by atoms with Gasteiger partial charge in [-0.2, -0.15) is 0 Å². The number of nitro benzene ring substituents is 1. The van der Waals surface area contributed by atoms with E-state index in [9.17, 15) is 10.1 Å². The van der Waals surface area contributed by atoms with Crippen LogP contribution in [-0.4, -0.2) is 35.0 Å². The largest absolute Gasteiger partial charge is 0.382 e. The van der Waals surface area contributed by atoms with E-state index in [4.69, 9.17) is 0 Å². The second-order valence-electron chi connectivity index (χ2n) is 6.26. The summed E-state index contributed by atoms with van der Waals surface area (Å²) >= 11 is 0. The van der Waals surface area contributed by atoms with Crippen molar-refractivity contribution in [1.82, 2.24) is 4.90 Å². The van der Waals surface area contributed by atoms with Gasteiger partial charge in [0.15, 0.2) is 0 Å². The lowest BCUT2D eigenvalue weighted by Crippen LogP contribution is -2.42. The van der Waals surface area contributed by atoms with Crippen LogP contribution >= 0.6 is 0 Å². The van der Waals surface area contributed by atoms with E-state index in [1.807, 2.05) is 13.0 Å². The number of aryl methyl sites for hydroxylation is 2. The molecule has 0 aromatic heterocycles. The maximum atomic E-state index is 11.1. The highest BCUT2D eigenvalue weighted by atomic mass is 16.6. The highest BCUT2D eigenvalue weighted by Crippen LogP contribution is 2.28. The molecule has 5 nitrogen and oxygen atoms in total. The fourth-order valence-electron chi connectivity index (χ4n) is 2.97. The van der Waals surface area contributed by atoms with Crippen molar-refractivity contribution in [3.8, 4) is 0 Å². The summed E-state index contributed by atoms with van der Waals surface area (Å²) in [6, 6.07) is 4.57. The van der Waals surface area contributed by atoms with Gasteiger partial charge >= 0.3 is 0 Å². The van der Waals surface area contributed by atoms with Crippen LogP contribution in [-0.2, 0) is 0 Å². The van der Waals surface area contributed by atoms with Crippen LogP contribution in [0.1, 0.15) is 37.8 Å². The van der Waals surface area contributed by atoms with Crippen molar-refractivity contribution in [2.24, 2.45) is 0 Å². The average Bonchev–Trinajstić information content (AvgIpc) is 2.42. The molecule has 0 unspecified atom stereocenters. The summed E-state index contributed by atoms with van der Waals surface area (Å²) in [5.41, 5.74) is 2.89. The summed E-state index contributed by atoms with van der Waals surface area (Å²) in [5, 5.41) is 14.6. The first kappa shape index (κ1) is 15.8. The minimum atomic E-state index is -0.304. The van der Waals surface area contributed by atoms with Gasteiger partial charge in [-0.1, -0.05) is 0 Å². The molecule has 1 aromatic rings. The summed E-state index contributed by atoms with van der Waals surface area (Å²) in [7, 11) is 0. The van der Waals surface area contributed by atoms with Gasteiger partial charge in [0.25, 0.3) is 5.69 Å². The molecule has 0 spiro atoms. The van der Waals surface area contributed by atoms with Crippen LogP contribution in [0, 0.1) is 24.0 Å². The molecule has 0 amide bonds. The molecule has 0 aliphatic carbocycles. The van der Waals surface area contributed by atoms with Crippen molar-refractivity contribution < 1.29 is 4.92 Å². The van der Waals surface area contributed by atoms with Gasteiger partial charge in [0, 0.05) is 42.5 Å². The molecule has 0 bridgehead atoms. The molecular formula is C16H25N3O2. The maximum absolute atomic E-state index is 11.1. The predicted octanol–water partition coefficient (Wildman–Crippen LogP) is 3.50. The lowest BCUT2D eigenvalue weighted by Gasteiger charge is -2.35. The van der Waals surface area contributed by atoms with Crippen molar-refractivity contribution >= 4 is 11.4 Å². The zero-order valence-electron chi connectivity index (χ0n) is 13.3. The number of benzene rings is 1. The van der Waals surface area contributed by atoms with E-state index >= 15 is 0 Å². The molecular weight excluding hydrogens is 266 g/mol. The number of nitrogens with zero attached hydrogens (tertiary/aromatic N) is 2. The van der Waals surface area contributed by atoms with Crippen molar-refractivity contribution in [1.29, 1.82) is 0 Å². The molecule has 116 valence electrons. The Morgan fingerprint density at radius 1 is 1.24 bits per heavy atom. The molecule has 0 atom stereocenters. The minimum absolute atomic E-state index is 0.197. The third-order valence-electron chi connectivity index (χ3n) is 4.36. The molecule has 1 heterocycles. The number of hydrogen-bond acceptors (Lipinski definition) is 4. The van der Waals surface area contributed by atoms with E-state index in [1.54, 1.807) is 13.0 Å². The monoisotopic (exact) mass is 291 g/mol. The van der Waals surface area contributed by atoms with Gasteiger partial charge in [-0.05, 0) is 52.2 Å². The average molecular weight is 291 g/mol. The SMILES string of the molecule is Cc1cc(C)c([N+](=O)[O-])cc1NC1CCN(C(C)C)CC1. The third-order valence-corrected chi connectivity index (χ3v) is 4.36. The van der Waals surface area contributed by atoms with E-state index in [-0.39, 0.29) is 10.6 Å². The fraction of sp³-hybridized carbons (Fsp3) is 0.625. The Bertz CT molecular complexity index is 520. The van der Waals surface area contributed by atoms with Crippen LogP contribution in [0.4, 0.5) is 11.4 Å². The third kappa shape index (κ3) is 3.73. The first-order valence-corrected chi connectivity index (χ1v) is 7.64. The van der Waals surface area contributed by atoms with Gasteiger partial charge in [0.2, 0.25) is 0 Å². The number of rotatable bonds is 4. The highest BCUT2D eigenvalue weighted by Gasteiger charge is 2.22. The minimum Gasteiger partial charge on any atom is -0.382 e. The Balaban J connectivity index is 2.07. The first-order valence-electron chi connectivity index (χ1n) is 7.64.